The summed E-state index contributed by atoms with van der Waals surface area (Å²) in [6.45, 7) is 5.67. The van der Waals surface area contributed by atoms with E-state index in [0.29, 0.717) is 13.2 Å². The summed E-state index contributed by atoms with van der Waals surface area (Å²) < 4.78 is 6.05. The number of carbonyl (C=O) groups excluding carboxylic acids is 1. The maximum Gasteiger partial charge on any atom is 0.246 e. The van der Waals surface area contributed by atoms with E-state index in [9.17, 15) is 4.79 Å². The second kappa shape index (κ2) is 4.25. The standard InChI is InChI=1S/C15H17NO2/c1-2-14(17)16-9-5-8-15(11-16)13-7-4-3-6-12(13)10-18-15/h2-4,6-7H,1,5,8-11H2/t15-/m0/s1. The fourth-order valence-electron chi connectivity index (χ4n) is 3.06. The van der Waals surface area contributed by atoms with Gasteiger partial charge >= 0.3 is 0 Å². The van der Waals surface area contributed by atoms with Crippen LogP contribution in [0.25, 0.3) is 0 Å². The summed E-state index contributed by atoms with van der Waals surface area (Å²) in [5.74, 6) is 0.00190. The zero-order valence-corrected chi connectivity index (χ0v) is 10.4. The van der Waals surface area contributed by atoms with Crippen LogP contribution in [-0.2, 0) is 21.7 Å². The number of amides is 1. The van der Waals surface area contributed by atoms with Crippen LogP contribution in [0.15, 0.2) is 36.9 Å². The Morgan fingerprint density at radius 1 is 1.44 bits per heavy atom. The number of fused-ring (bicyclic) bond motifs is 2. The van der Waals surface area contributed by atoms with Crippen LogP contribution in [0.3, 0.4) is 0 Å². The molecule has 0 aliphatic carbocycles. The zero-order chi connectivity index (χ0) is 12.6. The molecule has 1 aromatic carbocycles. The van der Waals surface area contributed by atoms with Crippen molar-refractivity contribution >= 4 is 5.91 Å². The van der Waals surface area contributed by atoms with Gasteiger partial charge in [0.1, 0.15) is 5.60 Å². The second-order valence-corrected chi connectivity index (χ2v) is 5.01. The van der Waals surface area contributed by atoms with Gasteiger partial charge in [0.15, 0.2) is 0 Å². The summed E-state index contributed by atoms with van der Waals surface area (Å²) in [6.07, 6.45) is 3.36. The lowest BCUT2D eigenvalue weighted by Crippen LogP contribution is -2.47. The average molecular weight is 243 g/mol. The fourth-order valence-corrected chi connectivity index (χ4v) is 3.06. The molecule has 3 nitrogen and oxygen atoms in total. The average Bonchev–Trinajstić information content (AvgIpc) is 2.77. The highest BCUT2D eigenvalue weighted by Gasteiger charge is 2.43. The molecule has 1 fully saturated rings. The number of piperidine rings is 1. The normalized spacial score (nSPS) is 26.1. The number of ether oxygens (including phenoxy) is 1. The molecule has 94 valence electrons. The van der Waals surface area contributed by atoms with Gasteiger partial charge in [-0.25, -0.2) is 0 Å². The lowest BCUT2D eigenvalue weighted by atomic mass is 9.85. The third kappa shape index (κ3) is 1.66. The SMILES string of the molecule is C=CC(=O)N1CCC[C@@]2(C1)OCc1ccccc12. The van der Waals surface area contributed by atoms with Crippen LogP contribution < -0.4 is 0 Å². The highest BCUT2D eigenvalue weighted by Crippen LogP contribution is 2.42. The maximum absolute atomic E-state index is 11.8. The lowest BCUT2D eigenvalue weighted by Gasteiger charge is -2.40. The molecule has 1 aromatic rings. The molecule has 3 rings (SSSR count). The van der Waals surface area contributed by atoms with Gasteiger partial charge in [0, 0.05) is 6.54 Å². The number of rotatable bonds is 1. The van der Waals surface area contributed by atoms with Crippen LogP contribution in [0.1, 0.15) is 24.0 Å². The Labute approximate surface area is 107 Å². The van der Waals surface area contributed by atoms with Crippen molar-refractivity contribution in [3.63, 3.8) is 0 Å². The van der Waals surface area contributed by atoms with E-state index in [4.69, 9.17) is 4.74 Å². The molecule has 2 aliphatic rings. The van der Waals surface area contributed by atoms with Crippen LogP contribution in [0, 0.1) is 0 Å². The van der Waals surface area contributed by atoms with E-state index in [2.05, 4.69) is 18.7 Å². The largest absolute Gasteiger partial charge is 0.364 e. The molecule has 2 aliphatic heterocycles. The molecule has 2 heterocycles. The smallest absolute Gasteiger partial charge is 0.246 e. The van der Waals surface area contributed by atoms with E-state index in [-0.39, 0.29) is 11.5 Å². The molecule has 1 saturated heterocycles. The molecule has 0 radical (unpaired) electrons. The molecular formula is C15H17NO2. The van der Waals surface area contributed by atoms with Gasteiger partial charge in [-0.2, -0.15) is 0 Å². The first-order valence-electron chi connectivity index (χ1n) is 6.39. The van der Waals surface area contributed by atoms with Crippen LogP contribution in [0.4, 0.5) is 0 Å². The van der Waals surface area contributed by atoms with Crippen molar-refractivity contribution in [2.45, 2.75) is 25.0 Å². The van der Waals surface area contributed by atoms with Crippen molar-refractivity contribution < 1.29 is 9.53 Å². The van der Waals surface area contributed by atoms with E-state index in [1.807, 2.05) is 17.0 Å². The molecular weight excluding hydrogens is 226 g/mol. The summed E-state index contributed by atoms with van der Waals surface area (Å²) in [5.41, 5.74) is 2.23. The summed E-state index contributed by atoms with van der Waals surface area (Å²) >= 11 is 0. The predicted molar refractivity (Wildman–Crippen MR) is 68.9 cm³/mol. The van der Waals surface area contributed by atoms with Gasteiger partial charge in [0.05, 0.1) is 13.2 Å². The van der Waals surface area contributed by atoms with Crippen molar-refractivity contribution in [1.82, 2.24) is 4.90 Å². The Bertz CT molecular complexity index is 493. The third-order valence-corrected chi connectivity index (χ3v) is 3.95. The van der Waals surface area contributed by atoms with Crippen LogP contribution in [-0.4, -0.2) is 23.9 Å². The van der Waals surface area contributed by atoms with Crippen LogP contribution in [0.2, 0.25) is 0 Å². The van der Waals surface area contributed by atoms with Gasteiger partial charge < -0.3 is 9.64 Å². The van der Waals surface area contributed by atoms with Crippen molar-refractivity contribution in [3.8, 4) is 0 Å². The fraction of sp³-hybridized carbons (Fsp3) is 0.400. The number of benzene rings is 1. The molecule has 3 heteroatoms. The first-order chi connectivity index (χ1) is 8.75. The molecule has 0 N–H and O–H groups in total. The van der Waals surface area contributed by atoms with Crippen LogP contribution in [0.5, 0.6) is 0 Å². The highest BCUT2D eigenvalue weighted by molar-refractivity contribution is 5.87. The first-order valence-corrected chi connectivity index (χ1v) is 6.39. The molecule has 1 atom stereocenters. The number of nitrogens with zero attached hydrogens (tertiary/aromatic N) is 1. The molecule has 0 bridgehead atoms. The molecule has 18 heavy (non-hydrogen) atoms. The highest BCUT2D eigenvalue weighted by atomic mass is 16.5. The van der Waals surface area contributed by atoms with Crippen LogP contribution >= 0.6 is 0 Å². The van der Waals surface area contributed by atoms with Crippen molar-refractivity contribution in [3.05, 3.63) is 48.0 Å². The number of hydrogen-bond donors (Lipinski definition) is 0. The molecule has 0 unspecified atom stereocenters. The summed E-state index contributed by atoms with van der Waals surface area (Å²) in [6, 6.07) is 8.32. The van der Waals surface area contributed by atoms with Gasteiger partial charge in [-0.05, 0) is 30.0 Å². The third-order valence-electron chi connectivity index (χ3n) is 3.95. The van der Waals surface area contributed by atoms with Gasteiger partial charge in [-0.3, -0.25) is 4.79 Å². The van der Waals surface area contributed by atoms with E-state index in [1.165, 1.54) is 17.2 Å². The second-order valence-electron chi connectivity index (χ2n) is 5.01. The maximum atomic E-state index is 11.8. The summed E-state index contributed by atoms with van der Waals surface area (Å²) in [4.78, 5) is 13.6. The molecule has 0 saturated carbocycles. The Balaban J connectivity index is 1.92. The number of hydrogen-bond acceptors (Lipinski definition) is 2. The van der Waals surface area contributed by atoms with Gasteiger partial charge in [-0.15, -0.1) is 0 Å². The Morgan fingerprint density at radius 3 is 3.11 bits per heavy atom. The summed E-state index contributed by atoms with van der Waals surface area (Å²) in [7, 11) is 0. The van der Waals surface area contributed by atoms with E-state index in [0.717, 1.165) is 19.4 Å². The number of likely N-dealkylation sites (tertiary alicyclic amines) is 1. The van der Waals surface area contributed by atoms with Crippen molar-refractivity contribution in [2.24, 2.45) is 0 Å². The molecule has 1 spiro atoms. The predicted octanol–water partition coefficient (Wildman–Crippen LogP) is 2.22. The molecule has 1 amide bonds. The van der Waals surface area contributed by atoms with Crippen molar-refractivity contribution in [1.29, 1.82) is 0 Å². The van der Waals surface area contributed by atoms with Crippen molar-refractivity contribution in [2.75, 3.05) is 13.1 Å². The quantitative estimate of drug-likeness (QED) is 0.708. The Morgan fingerprint density at radius 2 is 2.28 bits per heavy atom. The Hall–Kier alpha value is -1.61. The monoisotopic (exact) mass is 243 g/mol. The molecule has 0 aromatic heterocycles. The van der Waals surface area contributed by atoms with Gasteiger partial charge in [0.2, 0.25) is 5.91 Å². The zero-order valence-electron chi connectivity index (χ0n) is 10.4. The van der Waals surface area contributed by atoms with Gasteiger partial charge in [-0.1, -0.05) is 30.8 Å². The van der Waals surface area contributed by atoms with E-state index < -0.39 is 0 Å². The Kier molecular flexibility index (Phi) is 2.71. The minimum absolute atomic E-state index is 0.00190. The number of carbonyl (C=O) groups is 1. The summed E-state index contributed by atoms with van der Waals surface area (Å²) in [5, 5.41) is 0. The topological polar surface area (TPSA) is 29.5 Å². The first kappa shape index (κ1) is 11.5. The lowest BCUT2D eigenvalue weighted by molar-refractivity contribution is -0.137. The van der Waals surface area contributed by atoms with E-state index >= 15 is 0 Å². The minimum atomic E-state index is -0.284. The minimum Gasteiger partial charge on any atom is -0.364 e. The van der Waals surface area contributed by atoms with E-state index in [1.54, 1.807) is 0 Å². The van der Waals surface area contributed by atoms with Gasteiger partial charge in [0.25, 0.3) is 0 Å².